The molecule has 0 aliphatic heterocycles. The number of halogens is 1. The van der Waals surface area contributed by atoms with Crippen LogP contribution >= 0.6 is 12.4 Å². The number of hydrogen-bond acceptors (Lipinski definition) is 5. The van der Waals surface area contributed by atoms with Crippen molar-refractivity contribution in [3.63, 3.8) is 0 Å². The van der Waals surface area contributed by atoms with Gasteiger partial charge in [-0.05, 0) is 25.2 Å². The fourth-order valence-electron chi connectivity index (χ4n) is 3.13. The molecule has 8 nitrogen and oxygen atoms in total. The molecule has 152 valence electrons. The van der Waals surface area contributed by atoms with Crippen molar-refractivity contribution < 1.29 is 19.5 Å². The molecule has 1 aliphatic carbocycles. The molecule has 0 heterocycles. The zero-order chi connectivity index (χ0) is 19.0. The van der Waals surface area contributed by atoms with Gasteiger partial charge in [-0.3, -0.25) is 14.4 Å². The molecule has 0 aromatic heterocycles. The molecule has 0 aromatic carbocycles. The summed E-state index contributed by atoms with van der Waals surface area (Å²) in [4.78, 5) is 37.8. The monoisotopic (exact) mass is 392 g/mol. The lowest BCUT2D eigenvalue weighted by Crippen LogP contribution is -2.53. The summed E-state index contributed by atoms with van der Waals surface area (Å²) < 4.78 is 0. The zero-order valence-corrected chi connectivity index (χ0v) is 16.7. The highest BCUT2D eigenvalue weighted by Crippen LogP contribution is 2.28. The van der Waals surface area contributed by atoms with E-state index in [0.29, 0.717) is 6.42 Å². The van der Waals surface area contributed by atoms with Crippen molar-refractivity contribution in [2.45, 2.75) is 63.6 Å². The molecule has 3 atom stereocenters. The van der Waals surface area contributed by atoms with Crippen LogP contribution in [0, 0.1) is 5.92 Å². The van der Waals surface area contributed by atoms with Gasteiger partial charge >= 0.3 is 0 Å². The van der Waals surface area contributed by atoms with Crippen LogP contribution in [0.2, 0.25) is 0 Å². The van der Waals surface area contributed by atoms with E-state index in [1.165, 1.54) is 4.90 Å². The van der Waals surface area contributed by atoms with E-state index in [-0.39, 0.29) is 30.8 Å². The molecular formula is C17H33ClN4O4. The average Bonchev–Trinajstić information content (AvgIpc) is 3.10. The molecule has 1 aliphatic rings. The molecule has 1 saturated carbocycles. The summed E-state index contributed by atoms with van der Waals surface area (Å²) >= 11 is 0. The standard InChI is InChI=1S/C17H32N4O4.ClH/c1-4-7-12(18)15(23)16(24)19-10-13(22)20-14(17(25)21(2)3)11-8-5-6-9-11;/h11-12,14-15,23H,4-10,18H2,1-3H3,(H,19,24)(H,20,22);1H/t12-,14?,15?;/m0./s1. The summed E-state index contributed by atoms with van der Waals surface area (Å²) in [5.74, 6) is -1.14. The number of hydrogen-bond donors (Lipinski definition) is 4. The Kier molecular flexibility index (Phi) is 11.4. The third-order valence-electron chi connectivity index (χ3n) is 4.61. The van der Waals surface area contributed by atoms with E-state index in [2.05, 4.69) is 10.6 Å². The molecule has 1 rings (SSSR count). The second kappa shape index (κ2) is 12.1. The van der Waals surface area contributed by atoms with Gasteiger partial charge < -0.3 is 26.4 Å². The summed E-state index contributed by atoms with van der Waals surface area (Å²) in [6, 6.07) is -1.23. The molecule has 5 N–H and O–H groups in total. The minimum absolute atomic E-state index is 0. The SMILES string of the molecule is CCC[C@H](N)C(O)C(=O)NCC(=O)NC(C(=O)N(C)C)C1CCCC1.Cl. The number of nitrogens with one attached hydrogen (secondary N) is 2. The number of nitrogens with two attached hydrogens (primary N) is 1. The molecule has 0 bridgehead atoms. The number of amides is 3. The van der Waals surface area contributed by atoms with E-state index in [4.69, 9.17) is 5.73 Å². The van der Waals surface area contributed by atoms with Crippen molar-refractivity contribution in [3.8, 4) is 0 Å². The van der Waals surface area contributed by atoms with Gasteiger partial charge in [-0.15, -0.1) is 12.4 Å². The number of aliphatic hydroxyl groups is 1. The minimum atomic E-state index is -1.35. The normalized spacial score (nSPS) is 17.6. The maximum Gasteiger partial charge on any atom is 0.250 e. The topological polar surface area (TPSA) is 125 Å². The first-order chi connectivity index (χ1) is 11.8. The molecule has 0 spiro atoms. The predicted octanol–water partition coefficient (Wildman–Crippen LogP) is -0.224. The number of carbonyl (C=O) groups excluding carboxylic acids is 3. The quantitative estimate of drug-likeness (QED) is 0.431. The zero-order valence-electron chi connectivity index (χ0n) is 15.9. The summed E-state index contributed by atoms with van der Waals surface area (Å²) in [7, 11) is 3.31. The average molecular weight is 393 g/mol. The first-order valence-electron chi connectivity index (χ1n) is 8.99. The minimum Gasteiger partial charge on any atom is -0.382 e. The molecule has 0 saturated heterocycles. The van der Waals surface area contributed by atoms with Crippen LogP contribution in [0.25, 0.3) is 0 Å². The van der Waals surface area contributed by atoms with E-state index in [0.717, 1.165) is 32.1 Å². The third-order valence-corrected chi connectivity index (χ3v) is 4.61. The number of rotatable bonds is 9. The summed E-state index contributed by atoms with van der Waals surface area (Å²) in [6.07, 6.45) is 3.83. The Morgan fingerprint density at radius 2 is 1.81 bits per heavy atom. The van der Waals surface area contributed by atoms with Crippen LogP contribution in [0.4, 0.5) is 0 Å². The van der Waals surface area contributed by atoms with Crippen LogP contribution < -0.4 is 16.4 Å². The van der Waals surface area contributed by atoms with Crippen LogP contribution in [0.1, 0.15) is 45.4 Å². The lowest BCUT2D eigenvalue weighted by molar-refractivity contribution is -0.136. The largest absolute Gasteiger partial charge is 0.382 e. The van der Waals surface area contributed by atoms with Crippen molar-refractivity contribution in [1.29, 1.82) is 0 Å². The molecule has 0 aromatic rings. The predicted molar refractivity (Wildman–Crippen MR) is 102 cm³/mol. The van der Waals surface area contributed by atoms with Crippen molar-refractivity contribution in [3.05, 3.63) is 0 Å². The summed E-state index contributed by atoms with van der Waals surface area (Å²) in [6.45, 7) is 1.61. The lowest BCUT2D eigenvalue weighted by atomic mass is 9.97. The van der Waals surface area contributed by atoms with Crippen LogP contribution in [0.3, 0.4) is 0 Å². The highest BCUT2D eigenvalue weighted by Gasteiger charge is 2.33. The van der Waals surface area contributed by atoms with Gasteiger partial charge in [0.1, 0.15) is 12.1 Å². The number of carbonyl (C=O) groups is 3. The van der Waals surface area contributed by atoms with E-state index >= 15 is 0 Å². The first kappa shape index (κ1) is 24.6. The Morgan fingerprint density at radius 1 is 1.23 bits per heavy atom. The fraction of sp³-hybridized carbons (Fsp3) is 0.824. The fourth-order valence-corrected chi connectivity index (χ4v) is 3.13. The van der Waals surface area contributed by atoms with Crippen molar-refractivity contribution in [2.24, 2.45) is 11.7 Å². The van der Waals surface area contributed by atoms with Gasteiger partial charge in [0.05, 0.1) is 6.54 Å². The Labute approximate surface area is 161 Å². The van der Waals surface area contributed by atoms with Crippen LogP contribution in [-0.4, -0.2) is 66.6 Å². The molecule has 3 amide bonds. The van der Waals surface area contributed by atoms with Gasteiger partial charge in [0.15, 0.2) is 0 Å². The molecule has 2 unspecified atom stereocenters. The first-order valence-corrected chi connectivity index (χ1v) is 8.99. The van der Waals surface area contributed by atoms with Gasteiger partial charge in [-0.2, -0.15) is 0 Å². The summed E-state index contributed by atoms with van der Waals surface area (Å²) in [5.41, 5.74) is 5.71. The highest BCUT2D eigenvalue weighted by atomic mass is 35.5. The molecule has 26 heavy (non-hydrogen) atoms. The number of aliphatic hydroxyl groups excluding tert-OH is 1. The number of nitrogens with zero attached hydrogens (tertiary/aromatic N) is 1. The van der Waals surface area contributed by atoms with Gasteiger partial charge in [0, 0.05) is 20.1 Å². The van der Waals surface area contributed by atoms with Crippen molar-refractivity contribution in [2.75, 3.05) is 20.6 Å². The smallest absolute Gasteiger partial charge is 0.250 e. The van der Waals surface area contributed by atoms with Gasteiger partial charge in [-0.25, -0.2) is 0 Å². The Hall–Kier alpha value is -1.38. The van der Waals surface area contributed by atoms with E-state index in [9.17, 15) is 19.5 Å². The van der Waals surface area contributed by atoms with E-state index < -0.39 is 30.0 Å². The third kappa shape index (κ3) is 7.47. The molecule has 0 radical (unpaired) electrons. The van der Waals surface area contributed by atoms with E-state index in [1.807, 2.05) is 6.92 Å². The Morgan fingerprint density at radius 3 is 2.31 bits per heavy atom. The van der Waals surface area contributed by atoms with Gasteiger partial charge in [-0.1, -0.05) is 26.2 Å². The molecule has 1 fully saturated rings. The van der Waals surface area contributed by atoms with Crippen LogP contribution in [0.5, 0.6) is 0 Å². The van der Waals surface area contributed by atoms with Crippen LogP contribution in [-0.2, 0) is 14.4 Å². The Balaban J connectivity index is 0.00000625. The van der Waals surface area contributed by atoms with Crippen LogP contribution in [0.15, 0.2) is 0 Å². The number of likely N-dealkylation sites (N-methyl/N-ethyl adjacent to an activating group) is 1. The summed E-state index contributed by atoms with van der Waals surface area (Å²) in [5, 5.41) is 14.9. The van der Waals surface area contributed by atoms with Crippen molar-refractivity contribution >= 4 is 30.1 Å². The molecular weight excluding hydrogens is 360 g/mol. The van der Waals surface area contributed by atoms with Gasteiger partial charge in [0.25, 0.3) is 5.91 Å². The maximum absolute atomic E-state index is 12.3. The van der Waals surface area contributed by atoms with E-state index in [1.54, 1.807) is 14.1 Å². The lowest BCUT2D eigenvalue weighted by Gasteiger charge is -2.26. The second-order valence-electron chi connectivity index (χ2n) is 6.94. The van der Waals surface area contributed by atoms with Crippen molar-refractivity contribution in [1.82, 2.24) is 15.5 Å². The maximum atomic E-state index is 12.3. The molecule has 9 heteroatoms. The Bertz CT molecular complexity index is 470. The second-order valence-corrected chi connectivity index (χ2v) is 6.94. The van der Waals surface area contributed by atoms with Gasteiger partial charge in [0.2, 0.25) is 11.8 Å². The highest BCUT2D eigenvalue weighted by molar-refractivity contribution is 5.91.